The monoisotopic (exact) mass is 300 g/mol. The van der Waals surface area contributed by atoms with Gasteiger partial charge in [0.2, 0.25) is 0 Å². The van der Waals surface area contributed by atoms with Gasteiger partial charge in [-0.3, -0.25) is 4.79 Å². The number of halogens is 4. The van der Waals surface area contributed by atoms with E-state index in [1.54, 1.807) is 12.1 Å². The summed E-state index contributed by atoms with van der Waals surface area (Å²) < 4.78 is 0.604. The molecule has 1 rings (SSSR count). The van der Waals surface area contributed by atoms with Crippen molar-refractivity contribution in [3.63, 3.8) is 0 Å². The van der Waals surface area contributed by atoms with Gasteiger partial charge in [0.15, 0.2) is 5.78 Å². The molecule has 0 atom stereocenters. The summed E-state index contributed by atoms with van der Waals surface area (Å²) in [4.78, 5) is 11.3. The van der Waals surface area contributed by atoms with E-state index in [1.807, 2.05) is 0 Å². The molecule has 0 aromatic heterocycles. The van der Waals surface area contributed by atoms with Crippen LogP contribution in [0.4, 0.5) is 0 Å². The molecule has 0 aliphatic heterocycles. The molecule has 1 nitrogen and oxygen atoms in total. The molecule has 13 heavy (non-hydrogen) atoms. The van der Waals surface area contributed by atoms with Crippen molar-refractivity contribution >= 4 is 56.5 Å². The zero-order chi connectivity index (χ0) is 10.0. The fourth-order valence-corrected chi connectivity index (χ4v) is 2.08. The van der Waals surface area contributed by atoms with Crippen LogP contribution >= 0.6 is 50.7 Å². The van der Waals surface area contributed by atoms with Crippen LogP contribution in [0.3, 0.4) is 0 Å². The molecule has 0 aliphatic carbocycles. The van der Waals surface area contributed by atoms with Gasteiger partial charge in [-0.05, 0) is 28.1 Å². The molecule has 0 saturated heterocycles. The van der Waals surface area contributed by atoms with Crippen LogP contribution in [0.5, 0.6) is 0 Å². The number of carbonyl (C=O) groups excluding carboxylic acids is 1. The van der Waals surface area contributed by atoms with Crippen LogP contribution in [0, 0.1) is 0 Å². The molecule has 0 spiro atoms. The molecule has 1 aromatic carbocycles. The lowest BCUT2D eigenvalue weighted by Crippen LogP contribution is -2.02. The molecule has 0 unspecified atom stereocenters. The van der Waals surface area contributed by atoms with Gasteiger partial charge >= 0.3 is 0 Å². The fraction of sp³-hybridized carbons (Fsp3) is 0.125. The molecule has 0 radical (unpaired) electrons. The van der Waals surface area contributed by atoms with Crippen LogP contribution < -0.4 is 0 Å². The number of alkyl halides is 1. The molecule has 0 bridgehead atoms. The molecule has 0 saturated carbocycles. The number of rotatable bonds is 2. The highest BCUT2D eigenvalue weighted by molar-refractivity contribution is 9.10. The van der Waals surface area contributed by atoms with Crippen molar-refractivity contribution in [3.8, 4) is 0 Å². The van der Waals surface area contributed by atoms with Crippen molar-refractivity contribution in [2.75, 3.05) is 5.88 Å². The lowest BCUT2D eigenvalue weighted by atomic mass is 10.1. The van der Waals surface area contributed by atoms with E-state index >= 15 is 0 Å². The van der Waals surface area contributed by atoms with Crippen LogP contribution in [0.25, 0.3) is 0 Å². The van der Waals surface area contributed by atoms with E-state index in [0.29, 0.717) is 15.1 Å². The van der Waals surface area contributed by atoms with Gasteiger partial charge in [0, 0.05) is 4.47 Å². The molecule has 70 valence electrons. The Labute approximate surface area is 99.1 Å². The Kier molecular flexibility index (Phi) is 4.05. The number of Topliss-reactive ketones (excluding diaryl/α,β-unsaturated/α-hetero) is 1. The molecule has 0 amide bonds. The largest absolute Gasteiger partial charge is 0.293 e. The molecule has 0 heterocycles. The first-order chi connectivity index (χ1) is 6.07. The van der Waals surface area contributed by atoms with Gasteiger partial charge < -0.3 is 0 Å². The predicted octanol–water partition coefficient (Wildman–Crippen LogP) is 4.18. The van der Waals surface area contributed by atoms with Crippen LogP contribution in [0.15, 0.2) is 16.6 Å². The van der Waals surface area contributed by atoms with Gasteiger partial charge in [0.1, 0.15) is 0 Å². The molecule has 0 aliphatic rings. The summed E-state index contributed by atoms with van der Waals surface area (Å²) in [5.41, 5.74) is 0.337. The van der Waals surface area contributed by atoms with E-state index in [0.717, 1.165) is 0 Å². The third kappa shape index (κ3) is 2.38. The minimum absolute atomic E-state index is 0.112. The second kappa shape index (κ2) is 4.65. The molecule has 1 aromatic rings. The molecule has 5 heteroatoms. The summed E-state index contributed by atoms with van der Waals surface area (Å²) >= 11 is 20.2. The first kappa shape index (κ1) is 11.3. The molecule has 0 N–H and O–H groups in total. The van der Waals surface area contributed by atoms with E-state index in [1.165, 1.54) is 0 Å². The third-order valence-corrected chi connectivity index (χ3v) is 3.15. The van der Waals surface area contributed by atoms with E-state index in [2.05, 4.69) is 15.9 Å². The number of carbonyl (C=O) groups is 1. The fourth-order valence-electron chi connectivity index (χ4n) is 0.849. The van der Waals surface area contributed by atoms with Crippen LogP contribution in [0.2, 0.25) is 10.0 Å². The minimum atomic E-state index is -0.249. The van der Waals surface area contributed by atoms with Gasteiger partial charge in [-0.1, -0.05) is 23.2 Å². The Hall–Kier alpha value is 0.240. The van der Waals surface area contributed by atoms with E-state index in [4.69, 9.17) is 34.8 Å². The van der Waals surface area contributed by atoms with Gasteiger partial charge in [-0.2, -0.15) is 0 Å². The van der Waals surface area contributed by atoms with Crippen molar-refractivity contribution in [3.05, 3.63) is 32.2 Å². The second-order valence-electron chi connectivity index (χ2n) is 2.27. The topological polar surface area (TPSA) is 17.1 Å². The smallest absolute Gasteiger partial charge is 0.180 e. The summed E-state index contributed by atoms with van der Waals surface area (Å²) in [6.07, 6.45) is 0. The van der Waals surface area contributed by atoms with E-state index in [-0.39, 0.29) is 16.7 Å². The zero-order valence-electron chi connectivity index (χ0n) is 6.28. The van der Waals surface area contributed by atoms with Crippen molar-refractivity contribution in [1.82, 2.24) is 0 Å². The number of hydrogen-bond donors (Lipinski definition) is 0. The number of ketones is 1. The Morgan fingerprint density at radius 1 is 1.38 bits per heavy atom. The van der Waals surface area contributed by atoms with Crippen LogP contribution in [0.1, 0.15) is 10.4 Å². The maximum absolute atomic E-state index is 11.3. The Bertz CT molecular complexity index is 351. The van der Waals surface area contributed by atoms with Crippen molar-refractivity contribution in [2.45, 2.75) is 0 Å². The van der Waals surface area contributed by atoms with Crippen LogP contribution in [-0.2, 0) is 0 Å². The predicted molar refractivity (Wildman–Crippen MR) is 59.2 cm³/mol. The average Bonchev–Trinajstić information content (AvgIpc) is 2.12. The van der Waals surface area contributed by atoms with Crippen LogP contribution in [-0.4, -0.2) is 11.7 Å². The van der Waals surface area contributed by atoms with Gasteiger partial charge in [0.25, 0.3) is 0 Å². The summed E-state index contributed by atoms with van der Waals surface area (Å²) in [6.45, 7) is 0. The maximum atomic E-state index is 11.3. The molecular weight excluding hydrogens is 298 g/mol. The summed E-state index contributed by atoms with van der Waals surface area (Å²) in [7, 11) is 0. The molecule has 0 fully saturated rings. The normalized spacial score (nSPS) is 10.2. The zero-order valence-corrected chi connectivity index (χ0v) is 10.1. The SMILES string of the molecule is O=C(CCl)c1c(Br)ccc(Cl)c1Cl. The third-order valence-electron chi connectivity index (χ3n) is 1.44. The minimum Gasteiger partial charge on any atom is -0.293 e. The number of hydrogen-bond acceptors (Lipinski definition) is 1. The summed E-state index contributed by atoms with van der Waals surface area (Å²) in [5.74, 6) is -0.361. The first-order valence-electron chi connectivity index (χ1n) is 3.30. The highest BCUT2D eigenvalue weighted by Gasteiger charge is 2.15. The van der Waals surface area contributed by atoms with Gasteiger partial charge in [0.05, 0.1) is 21.5 Å². The van der Waals surface area contributed by atoms with Crippen molar-refractivity contribution in [1.29, 1.82) is 0 Å². The highest BCUT2D eigenvalue weighted by atomic mass is 79.9. The highest BCUT2D eigenvalue weighted by Crippen LogP contribution is 2.31. The molecular formula is C8H4BrCl3O. The van der Waals surface area contributed by atoms with Crippen molar-refractivity contribution in [2.24, 2.45) is 0 Å². The summed E-state index contributed by atoms with van der Waals surface area (Å²) in [5, 5.41) is 0.583. The standard InChI is InChI=1S/C8H4BrCl3O/c9-4-1-2-5(11)8(12)7(4)6(13)3-10/h1-2H,3H2. The second-order valence-corrected chi connectivity index (χ2v) is 4.18. The van der Waals surface area contributed by atoms with Crippen molar-refractivity contribution < 1.29 is 4.79 Å². The quantitative estimate of drug-likeness (QED) is 0.455. The first-order valence-corrected chi connectivity index (χ1v) is 5.39. The van der Waals surface area contributed by atoms with Gasteiger partial charge in [-0.15, -0.1) is 11.6 Å². The average molecular weight is 302 g/mol. The Balaban J connectivity index is 3.33. The van der Waals surface area contributed by atoms with E-state index < -0.39 is 0 Å². The summed E-state index contributed by atoms with van der Waals surface area (Å²) in [6, 6.07) is 3.27. The number of benzene rings is 1. The van der Waals surface area contributed by atoms with Gasteiger partial charge in [-0.25, -0.2) is 0 Å². The van der Waals surface area contributed by atoms with E-state index in [9.17, 15) is 4.79 Å². The Morgan fingerprint density at radius 3 is 2.54 bits per heavy atom. The lowest BCUT2D eigenvalue weighted by molar-refractivity contribution is 0.102. The Morgan fingerprint density at radius 2 is 2.00 bits per heavy atom. The maximum Gasteiger partial charge on any atom is 0.180 e. The lowest BCUT2D eigenvalue weighted by Gasteiger charge is -2.05.